The molecule has 33 heavy (non-hydrogen) atoms. The summed E-state index contributed by atoms with van der Waals surface area (Å²) in [6.07, 6.45) is 1.22. The third-order valence-corrected chi connectivity index (χ3v) is 8.94. The Kier molecular flexibility index (Phi) is 6.83. The number of aliphatic hydroxyl groups excluding tert-OH is 1. The van der Waals surface area contributed by atoms with E-state index in [-0.39, 0.29) is 36.2 Å². The average molecular weight is 479 g/mol. The van der Waals surface area contributed by atoms with Crippen LogP contribution >= 0.6 is 0 Å². The van der Waals surface area contributed by atoms with E-state index in [2.05, 4.69) is 5.32 Å². The molecule has 0 unspecified atom stereocenters. The van der Waals surface area contributed by atoms with E-state index in [9.17, 15) is 27.1 Å². The molecule has 1 heterocycles. The summed E-state index contributed by atoms with van der Waals surface area (Å²) in [5, 5.41) is 11.3. The second-order valence-electron chi connectivity index (χ2n) is 9.02. The van der Waals surface area contributed by atoms with Gasteiger partial charge in [-0.05, 0) is 50.3 Å². The van der Waals surface area contributed by atoms with Gasteiger partial charge in [-0.15, -0.1) is 0 Å². The molecule has 0 radical (unpaired) electrons. The molecule has 4 rings (SSSR count). The number of aliphatic hydroxyl groups is 1. The first kappa shape index (κ1) is 23.8. The number of hydrogen-bond acceptors (Lipinski definition) is 4. The molecule has 1 saturated carbocycles. The van der Waals surface area contributed by atoms with Gasteiger partial charge in [0, 0.05) is 29.8 Å². The van der Waals surface area contributed by atoms with Gasteiger partial charge in [0.2, 0.25) is 15.9 Å². The smallest absolute Gasteiger partial charge is 0.224 e. The molecule has 1 amide bonds. The highest BCUT2D eigenvalue weighted by Gasteiger charge is 2.40. The summed E-state index contributed by atoms with van der Waals surface area (Å²) in [5.74, 6) is -1.95. The van der Waals surface area contributed by atoms with Gasteiger partial charge in [-0.25, -0.2) is 17.2 Å². The normalized spacial score (nSPS) is 27.0. The summed E-state index contributed by atoms with van der Waals surface area (Å²) >= 11 is 0. The molecule has 9 heteroatoms. The fourth-order valence-electron chi connectivity index (χ4n) is 4.56. The molecule has 2 fully saturated rings. The van der Waals surface area contributed by atoms with Crippen LogP contribution in [-0.2, 0) is 27.8 Å². The van der Waals surface area contributed by atoms with Crippen LogP contribution in [-0.4, -0.2) is 41.9 Å². The molecule has 178 valence electrons. The number of sulfonamides is 1. The van der Waals surface area contributed by atoms with Crippen LogP contribution in [0, 0.1) is 11.6 Å². The lowest BCUT2D eigenvalue weighted by Gasteiger charge is -2.37. The Bertz CT molecular complexity index is 1120. The van der Waals surface area contributed by atoms with Crippen molar-refractivity contribution < 1.29 is 27.1 Å². The van der Waals surface area contributed by atoms with Crippen LogP contribution in [0.1, 0.15) is 54.5 Å². The first-order valence-corrected chi connectivity index (χ1v) is 12.6. The topological polar surface area (TPSA) is 86.7 Å². The van der Waals surface area contributed by atoms with Gasteiger partial charge in [-0.2, -0.15) is 4.31 Å². The first-order valence-electron chi connectivity index (χ1n) is 11.1. The van der Waals surface area contributed by atoms with Gasteiger partial charge >= 0.3 is 0 Å². The highest BCUT2D eigenvalue weighted by atomic mass is 32.2. The second kappa shape index (κ2) is 9.48. The molecule has 6 nitrogen and oxygen atoms in total. The molecule has 2 atom stereocenters. The quantitative estimate of drug-likeness (QED) is 0.668. The minimum Gasteiger partial charge on any atom is -0.393 e. The Morgan fingerprint density at radius 1 is 1.09 bits per heavy atom. The van der Waals surface area contributed by atoms with Crippen LogP contribution < -0.4 is 5.32 Å². The zero-order valence-electron chi connectivity index (χ0n) is 18.4. The summed E-state index contributed by atoms with van der Waals surface area (Å²) in [4.78, 5) is 12.1. The molecule has 0 spiro atoms. The van der Waals surface area contributed by atoms with Gasteiger partial charge in [0.1, 0.15) is 16.9 Å². The number of hydrogen-bond donors (Lipinski definition) is 2. The van der Waals surface area contributed by atoms with Crippen molar-refractivity contribution in [3.63, 3.8) is 0 Å². The number of carbonyl (C=O) groups excluding carboxylic acids is 1. The Morgan fingerprint density at radius 2 is 1.73 bits per heavy atom. The molecule has 0 bridgehead atoms. The molecule has 0 aromatic heterocycles. The van der Waals surface area contributed by atoms with Gasteiger partial charge in [0.15, 0.2) is 0 Å². The van der Waals surface area contributed by atoms with Crippen molar-refractivity contribution in [3.05, 3.63) is 70.8 Å². The molecule has 2 aliphatic rings. The van der Waals surface area contributed by atoms with Crippen LogP contribution in [0.2, 0.25) is 0 Å². The van der Waals surface area contributed by atoms with E-state index in [0.717, 1.165) is 12.1 Å². The summed E-state index contributed by atoms with van der Waals surface area (Å²) in [6.45, 7) is 1.49. The standard InChI is InChI=1S/C24H28F2N2O4S/c1-15-7-8-23(16-5-3-2-4-6-16)33(31,32)28(15)14-18-10-21(25)17(9-22(18)26)11-24(30)27-19-12-20(29)13-19/h2-6,9-10,15,19-20,23,29H,7-8,11-14H2,1H3,(H,27,30)/t15-,19-,20-,23+/m0/s1. The highest BCUT2D eigenvalue weighted by molar-refractivity contribution is 7.89. The van der Waals surface area contributed by atoms with Crippen molar-refractivity contribution in [3.8, 4) is 0 Å². The minimum atomic E-state index is -3.78. The first-order chi connectivity index (χ1) is 15.6. The van der Waals surface area contributed by atoms with Crippen LogP contribution in [0.15, 0.2) is 42.5 Å². The van der Waals surface area contributed by atoms with E-state index >= 15 is 0 Å². The second-order valence-corrected chi connectivity index (χ2v) is 11.1. The lowest BCUT2D eigenvalue weighted by molar-refractivity contribution is -0.122. The Hall–Kier alpha value is -2.36. The van der Waals surface area contributed by atoms with Crippen molar-refractivity contribution in [2.24, 2.45) is 0 Å². The van der Waals surface area contributed by atoms with Gasteiger partial charge < -0.3 is 10.4 Å². The van der Waals surface area contributed by atoms with Crippen molar-refractivity contribution in [1.29, 1.82) is 0 Å². The summed E-state index contributed by atoms with van der Waals surface area (Å²) in [7, 11) is -3.78. The average Bonchev–Trinajstić information content (AvgIpc) is 2.73. The monoisotopic (exact) mass is 478 g/mol. The lowest BCUT2D eigenvalue weighted by Crippen LogP contribution is -2.47. The molecule has 1 saturated heterocycles. The third-order valence-electron chi connectivity index (χ3n) is 6.57. The zero-order valence-corrected chi connectivity index (χ0v) is 19.2. The van der Waals surface area contributed by atoms with Crippen molar-refractivity contribution >= 4 is 15.9 Å². The SMILES string of the molecule is C[C@H]1CC[C@H](c2ccccc2)S(=O)(=O)N1Cc1cc(F)c(CC(=O)N[C@H]2C[C@H](O)C2)cc1F. The number of amides is 1. The Morgan fingerprint density at radius 3 is 2.39 bits per heavy atom. The van der Waals surface area contributed by atoms with Crippen LogP contribution in [0.25, 0.3) is 0 Å². The summed E-state index contributed by atoms with van der Waals surface area (Å²) in [5.41, 5.74) is 0.523. The third kappa shape index (κ3) is 5.10. The fraction of sp³-hybridized carbons (Fsp3) is 0.458. The van der Waals surface area contributed by atoms with E-state index in [4.69, 9.17) is 0 Å². The van der Waals surface area contributed by atoms with Crippen LogP contribution in [0.4, 0.5) is 8.78 Å². The largest absolute Gasteiger partial charge is 0.393 e. The van der Waals surface area contributed by atoms with Crippen molar-refractivity contribution in [2.45, 2.75) is 69.0 Å². The van der Waals surface area contributed by atoms with Gasteiger partial charge in [0.05, 0.1) is 12.5 Å². The van der Waals surface area contributed by atoms with Gasteiger partial charge in [-0.1, -0.05) is 30.3 Å². The number of rotatable bonds is 6. The summed E-state index contributed by atoms with van der Waals surface area (Å²) < 4.78 is 57.5. The van der Waals surface area contributed by atoms with E-state index < -0.39 is 38.9 Å². The van der Waals surface area contributed by atoms with E-state index in [1.54, 1.807) is 31.2 Å². The predicted molar refractivity (Wildman–Crippen MR) is 120 cm³/mol. The molecule has 2 aromatic carbocycles. The van der Waals surface area contributed by atoms with Crippen LogP contribution in [0.3, 0.4) is 0 Å². The lowest BCUT2D eigenvalue weighted by atomic mass is 9.89. The van der Waals surface area contributed by atoms with Crippen molar-refractivity contribution in [2.75, 3.05) is 0 Å². The highest BCUT2D eigenvalue weighted by Crippen LogP contribution is 2.38. The number of benzene rings is 2. The van der Waals surface area contributed by atoms with Gasteiger partial charge in [0.25, 0.3) is 0 Å². The molecule has 1 aliphatic carbocycles. The maximum atomic E-state index is 14.9. The van der Waals surface area contributed by atoms with Crippen molar-refractivity contribution in [1.82, 2.24) is 9.62 Å². The molecule has 2 aromatic rings. The summed E-state index contributed by atoms with van der Waals surface area (Å²) in [6, 6.07) is 10.4. The number of carbonyl (C=O) groups is 1. The maximum Gasteiger partial charge on any atom is 0.224 e. The zero-order chi connectivity index (χ0) is 23.8. The van der Waals surface area contributed by atoms with E-state index in [1.807, 2.05) is 6.07 Å². The fourth-order valence-corrected chi connectivity index (χ4v) is 6.75. The van der Waals surface area contributed by atoms with E-state index in [0.29, 0.717) is 31.2 Å². The maximum absolute atomic E-state index is 14.9. The predicted octanol–water partition coefficient (Wildman–Crippen LogP) is 3.20. The number of halogens is 2. The number of nitrogens with one attached hydrogen (secondary N) is 1. The molecule has 2 N–H and O–H groups in total. The number of nitrogens with zero attached hydrogens (tertiary/aromatic N) is 1. The van der Waals surface area contributed by atoms with Crippen LogP contribution in [0.5, 0.6) is 0 Å². The molecule has 1 aliphatic heterocycles. The molecular weight excluding hydrogens is 450 g/mol. The van der Waals surface area contributed by atoms with Gasteiger partial charge in [-0.3, -0.25) is 4.79 Å². The minimum absolute atomic E-state index is 0.0667. The molecular formula is C24H28F2N2O4S. The van der Waals surface area contributed by atoms with E-state index in [1.165, 1.54) is 4.31 Å². The Labute approximate surface area is 192 Å². The Balaban J connectivity index is 1.50.